The lowest BCUT2D eigenvalue weighted by molar-refractivity contribution is 0.296. The van der Waals surface area contributed by atoms with Gasteiger partial charge in [-0.2, -0.15) is 5.26 Å². The van der Waals surface area contributed by atoms with Crippen LogP contribution < -0.4 is 10.1 Å². The second kappa shape index (κ2) is 6.69. The summed E-state index contributed by atoms with van der Waals surface area (Å²) in [7, 11) is 1.85. The number of halogens is 1. The van der Waals surface area contributed by atoms with Gasteiger partial charge in [-0.25, -0.2) is 4.39 Å². The highest BCUT2D eigenvalue weighted by Gasteiger charge is 2.09. The number of rotatable bonds is 5. The van der Waals surface area contributed by atoms with Crippen LogP contribution in [-0.4, -0.2) is 7.05 Å². The molecule has 0 spiro atoms. The van der Waals surface area contributed by atoms with Crippen molar-refractivity contribution in [2.45, 2.75) is 13.2 Å². The number of nitrogens with one attached hydrogen (secondary N) is 1. The average molecular weight is 270 g/mol. The van der Waals surface area contributed by atoms with Gasteiger partial charge in [0.25, 0.3) is 0 Å². The summed E-state index contributed by atoms with van der Waals surface area (Å²) < 4.78 is 19.6. The van der Waals surface area contributed by atoms with E-state index >= 15 is 0 Å². The zero-order chi connectivity index (χ0) is 14.4. The molecule has 0 aliphatic rings. The van der Waals surface area contributed by atoms with Crippen LogP contribution in [0.3, 0.4) is 0 Å². The molecule has 0 unspecified atom stereocenters. The minimum atomic E-state index is -0.513. The van der Waals surface area contributed by atoms with Gasteiger partial charge in [-0.05, 0) is 19.2 Å². The second-order valence-corrected chi connectivity index (χ2v) is 4.32. The maximum absolute atomic E-state index is 13.9. The number of nitriles is 1. The second-order valence-electron chi connectivity index (χ2n) is 4.32. The van der Waals surface area contributed by atoms with E-state index in [0.717, 1.165) is 5.56 Å². The van der Waals surface area contributed by atoms with Crippen LogP contribution in [0.15, 0.2) is 42.5 Å². The monoisotopic (exact) mass is 270 g/mol. The van der Waals surface area contributed by atoms with E-state index in [9.17, 15) is 4.39 Å². The summed E-state index contributed by atoms with van der Waals surface area (Å²) >= 11 is 0. The number of para-hydroxylation sites is 1. The SMILES string of the molecule is CNCc1ccccc1OCc1cccc(C#N)c1F. The summed E-state index contributed by atoms with van der Waals surface area (Å²) in [5, 5.41) is 11.9. The van der Waals surface area contributed by atoms with Gasteiger partial charge in [-0.1, -0.05) is 30.3 Å². The fourth-order valence-corrected chi connectivity index (χ4v) is 1.91. The van der Waals surface area contributed by atoms with Crippen LogP contribution in [0.5, 0.6) is 5.75 Å². The molecule has 102 valence electrons. The van der Waals surface area contributed by atoms with Crippen molar-refractivity contribution in [2.24, 2.45) is 0 Å². The van der Waals surface area contributed by atoms with Crippen molar-refractivity contribution in [3.05, 3.63) is 65.0 Å². The van der Waals surface area contributed by atoms with Crippen molar-refractivity contribution in [2.75, 3.05) is 7.05 Å². The summed E-state index contributed by atoms with van der Waals surface area (Å²) in [6, 6.07) is 14.1. The van der Waals surface area contributed by atoms with E-state index in [-0.39, 0.29) is 12.2 Å². The molecule has 0 aliphatic carbocycles. The largest absolute Gasteiger partial charge is 0.488 e. The maximum Gasteiger partial charge on any atom is 0.147 e. The summed E-state index contributed by atoms with van der Waals surface area (Å²) in [5.74, 6) is 0.199. The Morgan fingerprint density at radius 1 is 1.15 bits per heavy atom. The van der Waals surface area contributed by atoms with E-state index in [2.05, 4.69) is 5.32 Å². The van der Waals surface area contributed by atoms with Gasteiger partial charge < -0.3 is 10.1 Å². The van der Waals surface area contributed by atoms with Crippen LogP contribution in [0.25, 0.3) is 0 Å². The minimum absolute atomic E-state index is 0.0367. The Balaban J connectivity index is 2.15. The lowest BCUT2D eigenvalue weighted by atomic mass is 10.1. The molecule has 0 saturated heterocycles. The van der Waals surface area contributed by atoms with Crippen molar-refractivity contribution in [3.63, 3.8) is 0 Å². The average Bonchev–Trinajstić information content (AvgIpc) is 2.48. The third kappa shape index (κ3) is 3.14. The molecule has 3 nitrogen and oxygen atoms in total. The highest BCUT2D eigenvalue weighted by molar-refractivity contribution is 5.36. The van der Waals surface area contributed by atoms with Gasteiger partial charge in [-0.15, -0.1) is 0 Å². The van der Waals surface area contributed by atoms with Crippen LogP contribution in [0.4, 0.5) is 4.39 Å². The van der Waals surface area contributed by atoms with E-state index in [1.807, 2.05) is 37.4 Å². The Hall–Kier alpha value is -2.38. The van der Waals surface area contributed by atoms with Gasteiger partial charge in [-0.3, -0.25) is 0 Å². The van der Waals surface area contributed by atoms with Crippen LogP contribution in [-0.2, 0) is 13.2 Å². The summed E-state index contributed by atoms with van der Waals surface area (Å²) in [5.41, 5.74) is 1.42. The van der Waals surface area contributed by atoms with Crippen LogP contribution in [0.1, 0.15) is 16.7 Å². The van der Waals surface area contributed by atoms with Gasteiger partial charge in [0, 0.05) is 17.7 Å². The van der Waals surface area contributed by atoms with E-state index in [1.54, 1.807) is 12.1 Å². The molecule has 20 heavy (non-hydrogen) atoms. The highest BCUT2D eigenvalue weighted by atomic mass is 19.1. The molecule has 0 atom stereocenters. The normalized spacial score (nSPS) is 10.1. The van der Waals surface area contributed by atoms with Gasteiger partial charge in [0.05, 0.1) is 5.56 Å². The first-order valence-electron chi connectivity index (χ1n) is 6.29. The molecular weight excluding hydrogens is 255 g/mol. The topological polar surface area (TPSA) is 45.0 Å². The lowest BCUT2D eigenvalue weighted by Gasteiger charge is -2.12. The number of hydrogen-bond acceptors (Lipinski definition) is 3. The van der Waals surface area contributed by atoms with Gasteiger partial charge in [0.15, 0.2) is 0 Å². The Kier molecular flexibility index (Phi) is 4.70. The molecule has 0 amide bonds. The molecule has 2 aromatic rings. The Labute approximate surface area is 117 Å². The molecule has 0 aliphatic heterocycles. The molecule has 4 heteroatoms. The third-order valence-corrected chi connectivity index (χ3v) is 2.92. The predicted octanol–water partition coefficient (Wildman–Crippen LogP) is 3.00. The smallest absolute Gasteiger partial charge is 0.147 e. The van der Waals surface area contributed by atoms with Gasteiger partial charge in [0.1, 0.15) is 24.2 Å². The zero-order valence-electron chi connectivity index (χ0n) is 11.2. The number of hydrogen-bond donors (Lipinski definition) is 1. The van der Waals surface area contributed by atoms with Crippen LogP contribution in [0, 0.1) is 17.1 Å². The third-order valence-electron chi connectivity index (χ3n) is 2.92. The molecule has 0 saturated carbocycles. The quantitative estimate of drug-likeness (QED) is 0.908. The Morgan fingerprint density at radius 2 is 1.90 bits per heavy atom. The molecule has 2 aromatic carbocycles. The van der Waals surface area contributed by atoms with E-state index in [0.29, 0.717) is 17.9 Å². The zero-order valence-corrected chi connectivity index (χ0v) is 11.2. The van der Waals surface area contributed by atoms with E-state index < -0.39 is 5.82 Å². The molecule has 0 heterocycles. The molecule has 0 fully saturated rings. The van der Waals surface area contributed by atoms with Gasteiger partial charge >= 0.3 is 0 Å². The molecule has 0 bridgehead atoms. The maximum atomic E-state index is 13.9. The Bertz CT molecular complexity index is 635. The van der Waals surface area contributed by atoms with Crippen molar-refractivity contribution < 1.29 is 9.13 Å². The minimum Gasteiger partial charge on any atom is -0.488 e. The molecule has 0 aromatic heterocycles. The molecule has 0 radical (unpaired) electrons. The van der Waals surface area contributed by atoms with Crippen molar-refractivity contribution >= 4 is 0 Å². The standard InChI is InChI=1S/C16H15FN2O/c1-19-10-13-5-2-3-8-15(13)20-11-14-7-4-6-12(9-18)16(14)17/h2-8,19H,10-11H2,1H3. The van der Waals surface area contributed by atoms with E-state index in [4.69, 9.17) is 10.00 Å². The van der Waals surface area contributed by atoms with Crippen molar-refractivity contribution in [1.29, 1.82) is 5.26 Å². The van der Waals surface area contributed by atoms with Crippen LogP contribution in [0.2, 0.25) is 0 Å². The lowest BCUT2D eigenvalue weighted by Crippen LogP contribution is -2.08. The fraction of sp³-hybridized carbons (Fsp3) is 0.188. The molecule has 1 N–H and O–H groups in total. The first-order valence-corrected chi connectivity index (χ1v) is 6.29. The molecular formula is C16H15FN2O. The Morgan fingerprint density at radius 3 is 2.65 bits per heavy atom. The number of nitrogens with zero attached hydrogens (tertiary/aromatic N) is 1. The first-order chi connectivity index (χ1) is 9.76. The van der Waals surface area contributed by atoms with Crippen molar-refractivity contribution in [3.8, 4) is 11.8 Å². The number of ether oxygens (including phenoxy) is 1. The molecule has 2 rings (SSSR count). The predicted molar refractivity (Wildman–Crippen MR) is 74.7 cm³/mol. The highest BCUT2D eigenvalue weighted by Crippen LogP contribution is 2.20. The fourth-order valence-electron chi connectivity index (χ4n) is 1.91. The van der Waals surface area contributed by atoms with Crippen LogP contribution >= 0.6 is 0 Å². The van der Waals surface area contributed by atoms with E-state index in [1.165, 1.54) is 6.07 Å². The van der Waals surface area contributed by atoms with Gasteiger partial charge in [0.2, 0.25) is 0 Å². The number of benzene rings is 2. The summed E-state index contributed by atoms with van der Waals surface area (Å²) in [6.45, 7) is 0.777. The van der Waals surface area contributed by atoms with Crippen molar-refractivity contribution in [1.82, 2.24) is 5.32 Å². The summed E-state index contributed by atoms with van der Waals surface area (Å²) in [4.78, 5) is 0. The first kappa shape index (κ1) is 14.0. The summed E-state index contributed by atoms with van der Waals surface area (Å²) in [6.07, 6.45) is 0.